The Hall–Kier alpha value is -4.40. The number of aromatic amines is 1. The third-order valence-electron chi connectivity index (χ3n) is 6.05. The van der Waals surface area contributed by atoms with Crippen LogP contribution in [0.15, 0.2) is 66.0 Å². The Morgan fingerprint density at radius 1 is 1.12 bits per heavy atom. The number of hydrogen-bond acceptors (Lipinski definition) is 6. The molecule has 1 aliphatic rings. The molecule has 170 valence electrons. The number of rotatable bonds is 6. The first-order chi connectivity index (χ1) is 16.6. The van der Waals surface area contributed by atoms with Crippen molar-refractivity contribution in [3.05, 3.63) is 83.0 Å². The van der Waals surface area contributed by atoms with Crippen molar-refractivity contribution >= 4 is 17.4 Å². The molecule has 1 fully saturated rings. The highest BCUT2D eigenvalue weighted by molar-refractivity contribution is 5.61. The van der Waals surface area contributed by atoms with Crippen LogP contribution in [0.25, 0.3) is 17.4 Å². The van der Waals surface area contributed by atoms with Crippen LogP contribution in [0, 0.1) is 5.92 Å². The van der Waals surface area contributed by atoms with E-state index < -0.39 is 0 Å². The Balaban J connectivity index is 1.44. The van der Waals surface area contributed by atoms with E-state index in [-0.39, 0.29) is 11.8 Å². The Morgan fingerprint density at radius 2 is 1.97 bits per heavy atom. The quantitative estimate of drug-likeness (QED) is 0.366. The Kier molecular flexibility index (Phi) is 4.87. The lowest BCUT2D eigenvalue weighted by Crippen LogP contribution is -2.16. The minimum Gasteiger partial charge on any atom is -0.494 e. The maximum Gasteiger partial charge on any atom is 0.198 e. The lowest BCUT2D eigenvalue weighted by atomic mass is 10.1. The lowest BCUT2D eigenvalue weighted by Gasteiger charge is -2.05. The average Bonchev–Trinajstić information content (AvgIpc) is 3.18. The number of hydrogen-bond donors (Lipinski definition) is 3. The van der Waals surface area contributed by atoms with E-state index in [0.29, 0.717) is 16.7 Å². The number of fused-ring (bicyclic) bond motifs is 1. The van der Waals surface area contributed by atoms with Crippen molar-refractivity contribution < 1.29 is 10.2 Å². The van der Waals surface area contributed by atoms with Gasteiger partial charge in [-0.25, -0.2) is 19.2 Å². The summed E-state index contributed by atoms with van der Waals surface area (Å²) in [4.78, 5) is 12.0. The minimum absolute atomic E-state index is 0.104. The predicted octanol–water partition coefficient (Wildman–Crippen LogP) is 2.78. The molecule has 0 spiro atoms. The van der Waals surface area contributed by atoms with Crippen molar-refractivity contribution in [3.8, 4) is 17.4 Å². The van der Waals surface area contributed by atoms with Crippen LogP contribution in [-0.4, -0.2) is 39.6 Å². The molecule has 3 N–H and O–H groups in total. The van der Waals surface area contributed by atoms with Gasteiger partial charge in [-0.3, -0.25) is 4.98 Å². The molecule has 0 saturated heterocycles. The van der Waals surface area contributed by atoms with Gasteiger partial charge in [0.2, 0.25) is 0 Å². The summed E-state index contributed by atoms with van der Waals surface area (Å²) in [5, 5.41) is 29.2. The van der Waals surface area contributed by atoms with Gasteiger partial charge in [0, 0.05) is 41.0 Å². The summed E-state index contributed by atoms with van der Waals surface area (Å²) in [6, 6.07) is 13.2. The number of nitrogens with one attached hydrogen (secondary N) is 1. The van der Waals surface area contributed by atoms with Crippen molar-refractivity contribution in [2.45, 2.75) is 25.7 Å². The van der Waals surface area contributed by atoms with Crippen molar-refractivity contribution in [3.63, 3.8) is 0 Å². The second-order valence-corrected chi connectivity index (χ2v) is 8.60. The molecule has 0 radical (unpaired) electrons. The van der Waals surface area contributed by atoms with Crippen molar-refractivity contribution in [2.75, 3.05) is 0 Å². The summed E-state index contributed by atoms with van der Waals surface area (Å²) >= 11 is 0. The zero-order chi connectivity index (χ0) is 23.1. The van der Waals surface area contributed by atoms with E-state index in [1.807, 2.05) is 47.1 Å². The van der Waals surface area contributed by atoms with Crippen LogP contribution in [0.2, 0.25) is 0 Å². The zero-order valence-electron chi connectivity index (χ0n) is 18.3. The molecular formula is C25H23N7O2. The van der Waals surface area contributed by atoms with Crippen molar-refractivity contribution in [1.82, 2.24) is 29.4 Å². The molecule has 4 aromatic heterocycles. The summed E-state index contributed by atoms with van der Waals surface area (Å²) in [7, 11) is 0. The van der Waals surface area contributed by atoms with Gasteiger partial charge in [-0.05, 0) is 55.2 Å². The summed E-state index contributed by atoms with van der Waals surface area (Å²) in [5.74, 6) is 0.580. The summed E-state index contributed by atoms with van der Waals surface area (Å²) < 4.78 is 3.64. The van der Waals surface area contributed by atoms with E-state index in [1.54, 1.807) is 23.2 Å². The molecule has 0 unspecified atom stereocenters. The summed E-state index contributed by atoms with van der Waals surface area (Å²) in [6.07, 6.45) is 11.7. The van der Waals surface area contributed by atoms with Crippen molar-refractivity contribution in [1.29, 1.82) is 0 Å². The Labute approximate surface area is 194 Å². The van der Waals surface area contributed by atoms with Crippen LogP contribution < -0.4 is 10.7 Å². The van der Waals surface area contributed by atoms with E-state index in [1.165, 1.54) is 18.9 Å². The molecule has 1 saturated carbocycles. The first-order valence-corrected chi connectivity index (χ1v) is 11.3. The molecule has 0 aliphatic heterocycles. The molecule has 5 aromatic rings. The fourth-order valence-corrected chi connectivity index (χ4v) is 4.08. The van der Waals surface area contributed by atoms with Crippen LogP contribution in [-0.2, 0) is 6.42 Å². The topological polar surface area (TPSA) is 117 Å². The smallest absolute Gasteiger partial charge is 0.198 e. The third-order valence-corrected chi connectivity index (χ3v) is 6.05. The number of aryl methyl sites for hydroxylation is 1. The van der Waals surface area contributed by atoms with Crippen LogP contribution in [0.1, 0.15) is 30.5 Å². The number of benzene rings is 1. The molecule has 6 rings (SSSR count). The molecule has 9 nitrogen and oxygen atoms in total. The maximum absolute atomic E-state index is 10.0. The maximum atomic E-state index is 10.0. The second-order valence-electron chi connectivity index (χ2n) is 8.60. The van der Waals surface area contributed by atoms with Crippen LogP contribution in [0.5, 0.6) is 11.8 Å². The SMILES string of the molecule is Oc1cc(C=c2cnn3c(CCC4CC4)cc(=Nc4ccc(-n5cccn5)cc4)nc23)c(O)[nH]1. The van der Waals surface area contributed by atoms with E-state index >= 15 is 0 Å². The molecular weight excluding hydrogens is 430 g/mol. The third kappa shape index (κ3) is 4.03. The van der Waals surface area contributed by atoms with Gasteiger partial charge in [-0.2, -0.15) is 10.2 Å². The molecule has 34 heavy (non-hydrogen) atoms. The van der Waals surface area contributed by atoms with E-state index in [0.717, 1.165) is 41.0 Å². The summed E-state index contributed by atoms with van der Waals surface area (Å²) in [6.45, 7) is 0. The highest BCUT2D eigenvalue weighted by Gasteiger charge is 2.21. The molecule has 0 atom stereocenters. The van der Waals surface area contributed by atoms with E-state index in [9.17, 15) is 10.2 Å². The Bertz CT molecular complexity index is 1580. The van der Waals surface area contributed by atoms with Crippen LogP contribution in [0.4, 0.5) is 5.69 Å². The van der Waals surface area contributed by atoms with Gasteiger partial charge in [-0.1, -0.05) is 12.8 Å². The van der Waals surface area contributed by atoms with Gasteiger partial charge >= 0.3 is 0 Å². The van der Waals surface area contributed by atoms with Gasteiger partial charge in [0.05, 0.1) is 17.6 Å². The molecule has 1 aromatic carbocycles. The lowest BCUT2D eigenvalue weighted by molar-refractivity contribution is 0.425. The number of nitrogens with zero attached hydrogens (tertiary/aromatic N) is 6. The van der Waals surface area contributed by atoms with Gasteiger partial charge in [0.15, 0.2) is 22.9 Å². The molecule has 1 aliphatic carbocycles. The van der Waals surface area contributed by atoms with Crippen LogP contribution >= 0.6 is 0 Å². The standard InChI is InChI=1S/C25H23N7O2/c33-23-13-17(25(34)30-23)12-18-15-27-32-21(7-4-16-2-3-16)14-22(29-24(18)32)28-19-5-8-20(9-6-19)31-11-1-10-26-31/h1,5-6,8-16,30,33-34H,2-4,7H2. The van der Waals surface area contributed by atoms with E-state index in [4.69, 9.17) is 9.98 Å². The predicted molar refractivity (Wildman–Crippen MR) is 126 cm³/mol. The molecule has 4 heterocycles. The highest BCUT2D eigenvalue weighted by atomic mass is 16.3. The Morgan fingerprint density at radius 3 is 2.68 bits per heavy atom. The number of aromatic hydroxyl groups is 2. The first-order valence-electron chi connectivity index (χ1n) is 11.3. The normalized spacial score (nSPS) is 14.9. The number of aromatic nitrogens is 6. The minimum atomic E-state index is -0.107. The highest BCUT2D eigenvalue weighted by Crippen LogP contribution is 2.33. The first kappa shape index (κ1) is 20.2. The fourth-order valence-electron chi connectivity index (χ4n) is 4.08. The zero-order valence-corrected chi connectivity index (χ0v) is 18.3. The summed E-state index contributed by atoms with van der Waals surface area (Å²) in [5.41, 5.74) is 4.51. The monoisotopic (exact) mass is 453 g/mol. The molecule has 9 heteroatoms. The average molecular weight is 454 g/mol. The molecule has 0 bridgehead atoms. The second kappa shape index (κ2) is 8.18. The van der Waals surface area contributed by atoms with Crippen molar-refractivity contribution in [2.24, 2.45) is 10.9 Å². The van der Waals surface area contributed by atoms with Gasteiger partial charge in [-0.15, -0.1) is 0 Å². The van der Waals surface area contributed by atoms with Gasteiger partial charge < -0.3 is 10.2 Å². The fraction of sp³-hybridized carbons (Fsp3) is 0.200. The largest absolute Gasteiger partial charge is 0.494 e. The molecule has 0 amide bonds. The van der Waals surface area contributed by atoms with Crippen LogP contribution in [0.3, 0.4) is 0 Å². The van der Waals surface area contributed by atoms with E-state index in [2.05, 4.69) is 15.2 Å². The van der Waals surface area contributed by atoms with Gasteiger partial charge in [0.25, 0.3) is 0 Å². The number of H-pyrrole nitrogens is 1. The van der Waals surface area contributed by atoms with Gasteiger partial charge in [0.1, 0.15) is 0 Å².